The van der Waals surface area contributed by atoms with Gasteiger partial charge >= 0.3 is 0 Å². The molecular formula is C16H26O. The van der Waals surface area contributed by atoms with Crippen molar-refractivity contribution in [3.05, 3.63) is 37.1 Å². The van der Waals surface area contributed by atoms with Crippen LogP contribution in [0.1, 0.15) is 46.5 Å². The summed E-state index contributed by atoms with van der Waals surface area (Å²) in [5.74, 6) is 1.68. The van der Waals surface area contributed by atoms with Crippen LogP contribution >= 0.6 is 0 Å². The number of allylic oxidation sites excluding steroid dienone is 3. The summed E-state index contributed by atoms with van der Waals surface area (Å²) in [6.45, 7) is 14.5. The fraction of sp³-hybridized carbons (Fsp3) is 0.625. The molecule has 1 nitrogen and oxygen atoms in total. The lowest BCUT2D eigenvalue weighted by molar-refractivity contribution is 0.0489. The van der Waals surface area contributed by atoms with E-state index in [1.807, 2.05) is 6.08 Å². The molecule has 0 bridgehead atoms. The average molecular weight is 234 g/mol. The zero-order chi connectivity index (χ0) is 12.9. The second-order valence-corrected chi connectivity index (χ2v) is 5.97. The van der Waals surface area contributed by atoms with Gasteiger partial charge in [0.25, 0.3) is 0 Å². The van der Waals surface area contributed by atoms with Crippen LogP contribution in [0.25, 0.3) is 0 Å². The highest BCUT2D eigenvalue weighted by Gasteiger charge is 2.30. The van der Waals surface area contributed by atoms with Gasteiger partial charge in [-0.2, -0.15) is 0 Å². The Bertz CT molecular complexity index is 285. The van der Waals surface area contributed by atoms with Crippen molar-refractivity contribution in [3.63, 3.8) is 0 Å². The Labute approximate surface area is 106 Å². The van der Waals surface area contributed by atoms with Gasteiger partial charge in [0, 0.05) is 0 Å². The second kappa shape index (κ2) is 6.09. The Morgan fingerprint density at radius 2 is 1.71 bits per heavy atom. The van der Waals surface area contributed by atoms with Crippen LogP contribution in [0.3, 0.4) is 0 Å². The van der Waals surface area contributed by atoms with Gasteiger partial charge in [0.2, 0.25) is 0 Å². The van der Waals surface area contributed by atoms with Gasteiger partial charge in [0.15, 0.2) is 0 Å². The molecule has 1 rings (SSSR count). The zero-order valence-corrected chi connectivity index (χ0v) is 11.5. The summed E-state index contributed by atoms with van der Waals surface area (Å²) in [6, 6.07) is 0. The highest BCUT2D eigenvalue weighted by atomic mass is 16.5. The van der Waals surface area contributed by atoms with E-state index >= 15 is 0 Å². The van der Waals surface area contributed by atoms with Crippen LogP contribution in [0.5, 0.6) is 0 Å². The molecule has 0 unspecified atom stereocenters. The van der Waals surface area contributed by atoms with Gasteiger partial charge in [0.1, 0.15) is 5.76 Å². The minimum atomic E-state index is 0.359. The first-order valence-electron chi connectivity index (χ1n) is 6.59. The molecule has 1 heteroatoms. The molecule has 1 aliphatic carbocycles. The third-order valence-corrected chi connectivity index (χ3v) is 3.69. The molecule has 0 saturated heterocycles. The summed E-state index contributed by atoms with van der Waals surface area (Å²) >= 11 is 0. The van der Waals surface area contributed by atoms with Crippen molar-refractivity contribution in [3.8, 4) is 0 Å². The predicted octanol–water partition coefficient (Wildman–Crippen LogP) is 4.86. The van der Waals surface area contributed by atoms with E-state index in [2.05, 4.69) is 33.9 Å². The zero-order valence-electron chi connectivity index (χ0n) is 11.5. The molecule has 0 amide bonds. The summed E-state index contributed by atoms with van der Waals surface area (Å²) in [7, 11) is 0. The molecule has 1 fully saturated rings. The Morgan fingerprint density at radius 3 is 2.12 bits per heavy atom. The summed E-state index contributed by atoms with van der Waals surface area (Å²) < 4.78 is 5.91. The molecule has 0 atom stereocenters. The van der Waals surface area contributed by atoms with Gasteiger partial charge < -0.3 is 4.74 Å². The molecule has 0 spiro atoms. The maximum Gasteiger partial charge on any atom is 0.119 e. The lowest BCUT2D eigenvalue weighted by Crippen LogP contribution is -2.28. The van der Waals surface area contributed by atoms with Gasteiger partial charge in [-0.05, 0) is 49.2 Å². The van der Waals surface area contributed by atoms with Gasteiger partial charge in [-0.1, -0.05) is 40.0 Å². The van der Waals surface area contributed by atoms with Crippen molar-refractivity contribution in [2.24, 2.45) is 11.3 Å². The molecule has 0 radical (unpaired) electrons. The first-order chi connectivity index (χ1) is 7.97. The van der Waals surface area contributed by atoms with Crippen molar-refractivity contribution < 1.29 is 4.74 Å². The molecule has 0 aromatic carbocycles. The SMILES string of the molecule is C=CC=C(C=C)OC1CCC(C(C)(C)C)CC1. The van der Waals surface area contributed by atoms with Gasteiger partial charge in [0.05, 0.1) is 6.10 Å². The van der Waals surface area contributed by atoms with E-state index in [0.29, 0.717) is 11.5 Å². The van der Waals surface area contributed by atoms with E-state index in [4.69, 9.17) is 4.74 Å². The molecule has 1 saturated carbocycles. The van der Waals surface area contributed by atoms with Gasteiger partial charge in [-0.15, -0.1) is 0 Å². The fourth-order valence-corrected chi connectivity index (χ4v) is 2.51. The van der Waals surface area contributed by atoms with Gasteiger partial charge in [-0.25, -0.2) is 0 Å². The molecule has 0 aromatic rings. The van der Waals surface area contributed by atoms with Crippen molar-refractivity contribution in [2.75, 3.05) is 0 Å². The largest absolute Gasteiger partial charge is 0.490 e. The number of rotatable bonds is 4. The van der Waals surface area contributed by atoms with E-state index in [-0.39, 0.29) is 0 Å². The molecule has 17 heavy (non-hydrogen) atoms. The smallest absolute Gasteiger partial charge is 0.119 e. The lowest BCUT2D eigenvalue weighted by Gasteiger charge is -2.37. The van der Waals surface area contributed by atoms with Crippen LogP contribution in [0.15, 0.2) is 37.1 Å². The van der Waals surface area contributed by atoms with Crippen molar-refractivity contribution in [1.82, 2.24) is 0 Å². The minimum absolute atomic E-state index is 0.359. The summed E-state index contributed by atoms with van der Waals surface area (Å²) in [5, 5.41) is 0. The summed E-state index contributed by atoms with van der Waals surface area (Å²) in [5.41, 5.74) is 0.434. The highest BCUT2D eigenvalue weighted by Crippen LogP contribution is 2.38. The normalized spacial score (nSPS) is 26.4. The molecule has 96 valence electrons. The third kappa shape index (κ3) is 4.41. The predicted molar refractivity (Wildman–Crippen MR) is 74.8 cm³/mol. The molecule has 0 heterocycles. The standard InChI is InChI=1S/C16H26O/c1-6-8-14(7-2)17-15-11-9-13(10-12-15)16(3,4)5/h6-8,13,15H,1-2,9-12H2,3-5H3. The molecule has 0 N–H and O–H groups in total. The van der Waals surface area contributed by atoms with Gasteiger partial charge in [-0.3, -0.25) is 0 Å². The van der Waals surface area contributed by atoms with E-state index in [1.165, 1.54) is 12.8 Å². The van der Waals surface area contributed by atoms with E-state index < -0.39 is 0 Å². The maximum atomic E-state index is 5.91. The fourth-order valence-electron chi connectivity index (χ4n) is 2.51. The van der Waals surface area contributed by atoms with E-state index in [0.717, 1.165) is 24.5 Å². The number of hydrogen-bond donors (Lipinski definition) is 0. The molecule has 0 aliphatic heterocycles. The van der Waals surface area contributed by atoms with Crippen LogP contribution in [0.4, 0.5) is 0 Å². The molecule has 0 aromatic heterocycles. The Hall–Kier alpha value is -0.980. The average Bonchev–Trinajstić information content (AvgIpc) is 2.28. The number of ether oxygens (including phenoxy) is 1. The van der Waals surface area contributed by atoms with E-state index in [9.17, 15) is 0 Å². The quantitative estimate of drug-likeness (QED) is 0.498. The van der Waals surface area contributed by atoms with Crippen molar-refractivity contribution in [2.45, 2.75) is 52.6 Å². The first kappa shape index (κ1) is 14.1. The van der Waals surface area contributed by atoms with Crippen molar-refractivity contribution in [1.29, 1.82) is 0 Å². The lowest BCUT2D eigenvalue weighted by atomic mass is 9.72. The Balaban J connectivity index is 2.45. The van der Waals surface area contributed by atoms with E-state index in [1.54, 1.807) is 12.2 Å². The topological polar surface area (TPSA) is 9.23 Å². The minimum Gasteiger partial charge on any atom is -0.490 e. The third-order valence-electron chi connectivity index (χ3n) is 3.69. The van der Waals surface area contributed by atoms with Crippen LogP contribution < -0.4 is 0 Å². The first-order valence-corrected chi connectivity index (χ1v) is 6.59. The monoisotopic (exact) mass is 234 g/mol. The van der Waals surface area contributed by atoms with Crippen LogP contribution in [0, 0.1) is 11.3 Å². The van der Waals surface area contributed by atoms with Crippen LogP contribution in [0.2, 0.25) is 0 Å². The van der Waals surface area contributed by atoms with Crippen LogP contribution in [-0.4, -0.2) is 6.10 Å². The highest BCUT2D eigenvalue weighted by molar-refractivity contribution is 5.15. The number of hydrogen-bond acceptors (Lipinski definition) is 1. The van der Waals surface area contributed by atoms with Crippen molar-refractivity contribution >= 4 is 0 Å². The molecule has 1 aliphatic rings. The Kier molecular flexibility index (Phi) is 5.04. The second-order valence-electron chi connectivity index (χ2n) is 5.97. The molecular weight excluding hydrogens is 208 g/mol. The van der Waals surface area contributed by atoms with Crippen LogP contribution in [-0.2, 0) is 4.74 Å². The Morgan fingerprint density at radius 1 is 1.12 bits per heavy atom. The summed E-state index contributed by atoms with van der Waals surface area (Å²) in [4.78, 5) is 0. The maximum absolute atomic E-state index is 5.91. The summed E-state index contributed by atoms with van der Waals surface area (Å²) in [6.07, 6.45) is 10.6.